The minimum Gasteiger partial charge on any atom is -0.478 e. The molecule has 0 amide bonds. The van der Waals surface area contributed by atoms with Crippen LogP contribution in [0.15, 0.2) is 6.20 Å². The van der Waals surface area contributed by atoms with Crippen LogP contribution in [0.5, 0.6) is 0 Å². The topological polar surface area (TPSA) is 50.2 Å². The van der Waals surface area contributed by atoms with Gasteiger partial charge in [0.2, 0.25) is 0 Å². The second-order valence-corrected chi connectivity index (χ2v) is 3.41. The number of aromatic carboxylic acids is 1. The Balaban J connectivity index is 3.43. The van der Waals surface area contributed by atoms with Gasteiger partial charge >= 0.3 is 5.97 Å². The number of pyridine rings is 1. The first-order valence-electron chi connectivity index (χ1n) is 2.77. The molecule has 1 heterocycles. The first-order valence-corrected chi connectivity index (χ1v) is 4.22. The molecule has 0 radical (unpaired) electrons. The van der Waals surface area contributed by atoms with Crippen LogP contribution in [0.3, 0.4) is 0 Å². The minimum absolute atomic E-state index is 0.224. The van der Waals surface area contributed by atoms with Crippen LogP contribution in [0, 0.1) is 9.39 Å². The van der Waals surface area contributed by atoms with Crippen molar-refractivity contribution in [2.45, 2.75) is 0 Å². The van der Waals surface area contributed by atoms with Crippen LogP contribution in [-0.4, -0.2) is 16.1 Å². The average molecular weight is 301 g/mol. The SMILES string of the molecule is O=C(O)c1c(I)cnc(Cl)c1F. The predicted octanol–water partition coefficient (Wildman–Crippen LogP) is 2.18. The van der Waals surface area contributed by atoms with Crippen molar-refractivity contribution in [1.29, 1.82) is 0 Å². The Bertz CT molecular complexity index is 345. The van der Waals surface area contributed by atoms with Gasteiger partial charge < -0.3 is 5.11 Å². The molecule has 3 nitrogen and oxygen atoms in total. The molecule has 0 bridgehead atoms. The van der Waals surface area contributed by atoms with Gasteiger partial charge in [-0.15, -0.1) is 0 Å². The van der Waals surface area contributed by atoms with Crippen LogP contribution >= 0.6 is 34.2 Å². The molecular formula is C6H2ClFINO2. The second kappa shape index (κ2) is 3.53. The lowest BCUT2D eigenvalue weighted by molar-refractivity contribution is 0.0690. The van der Waals surface area contributed by atoms with Crippen LogP contribution in [-0.2, 0) is 0 Å². The molecule has 0 saturated carbocycles. The third-order valence-corrected chi connectivity index (χ3v) is 2.23. The van der Waals surface area contributed by atoms with Gasteiger partial charge in [0.1, 0.15) is 5.56 Å². The summed E-state index contributed by atoms with van der Waals surface area (Å²) >= 11 is 6.95. The lowest BCUT2D eigenvalue weighted by atomic mass is 10.3. The molecule has 0 aliphatic heterocycles. The normalized spacial score (nSPS) is 9.92. The molecule has 64 valence electrons. The maximum absolute atomic E-state index is 12.9. The number of nitrogens with zero attached hydrogens (tertiary/aromatic N) is 1. The number of hydrogen-bond acceptors (Lipinski definition) is 2. The van der Waals surface area contributed by atoms with E-state index in [1.54, 1.807) is 22.6 Å². The summed E-state index contributed by atoms with van der Waals surface area (Å²) in [5, 5.41) is 8.12. The third kappa shape index (κ3) is 1.66. The zero-order chi connectivity index (χ0) is 9.30. The Morgan fingerprint density at radius 2 is 2.33 bits per heavy atom. The largest absolute Gasteiger partial charge is 0.478 e. The number of carboxylic acid groups (broad SMARTS) is 1. The van der Waals surface area contributed by atoms with E-state index in [0.29, 0.717) is 0 Å². The Labute approximate surface area is 85.7 Å². The van der Waals surface area contributed by atoms with Gasteiger partial charge in [0.25, 0.3) is 0 Å². The number of carbonyl (C=O) groups is 1. The van der Waals surface area contributed by atoms with Crippen LogP contribution in [0.2, 0.25) is 5.15 Å². The van der Waals surface area contributed by atoms with Gasteiger partial charge in [-0.3, -0.25) is 0 Å². The molecular weight excluding hydrogens is 299 g/mol. The molecule has 0 spiro atoms. The molecule has 1 rings (SSSR count). The minimum atomic E-state index is -1.35. The van der Waals surface area contributed by atoms with Crippen molar-refractivity contribution in [2.75, 3.05) is 0 Å². The fraction of sp³-hybridized carbons (Fsp3) is 0. The van der Waals surface area contributed by atoms with Crippen LogP contribution < -0.4 is 0 Å². The molecule has 1 aromatic rings. The summed E-state index contributed by atoms with van der Waals surface area (Å²) in [4.78, 5) is 13.9. The summed E-state index contributed by atoms with van der Waals surface area (Å²) in [5.41, 5.74) is -0.435. The zero-order valence-corrected chi connectivity index (χ0v) is 8.43. The van der Waals surface area contributed by atoms with Crippen molar-refractivity contribution >= 4 is 40.2 Å². The van der Waals surface area contributed by atoms with Crippen molar-refractivity contribution in [3.63, 3.8) is 0 Å². The summed E-state index contributed by atoms with van der Waals surface area (Å²) in [5.74, 6) is -2.34. The van der Waals surface area contributed by atoms with Crippen molar-refractivity contribution < 1.29 is 14.3 Å². The van der Waals surface area contributed by atoms with Gasteiger partial charge in [0.05, 0.1) is 0 Å². The van der Waals surface area contributed by atoms with E-state index in [2.05, 4.69) is 4.98 Å². The molecule has 0 aliphatic carbocycles. The van der Waals surface area contributed by atoms with E-state index in [9.17, 15) is 9.18 Å². The van der Waals surface area contributed by atoms with E-state index in [1.165, 1.54) is 6.20 Å². The van der Waals surface area contributed by atoms with Gasteiger partial charge in [-0.2, -0.15) is 0 Å². The maximum atomic E-state index is 12.9. The monoisotopic (exact) mass is 301 g/mol. The van der Waals surface area contributed by atoms with Crippen molar-refractivity contribution in [3.05, 3.63) is 26.3 Å². The van der Waals surface area contributed by atoms with Gasteiger partial charge in [0.15, 0.2) is 11.0 Å². The van der Waals surface area contributed by atoms with Gasteiger partial charge in [-0.25, -0.2) is 14.2 Å². The Hall–Kier alpha value is -0.430. The molecule has 0 unspecified atom stereocenters. The standard InChI is InChI=1S/C6H2ClFINO2/c7-5-4(8)3(6(11)12)2(9)1-10-5/h1H,(H,11,12). The number of aromatic nitrogens is 1. The Kier molecular flexibility index (Phi) is 2.84. The fourth-order valence-corrected chi connectivity index (χ4v) is 1.39. The molecule has 1 N–H and O–H groups in total. The Morgan fingerprint density at radius 3 is 2.75 bits per heavy atom. The summed E-state index contributed by atoms with van der Waals surface area (Å²) in [6.07, 6.45) is 1.20. The lowest BCUT2D eigenvalue weighted by Crippen LogP contribution is -2.05. The highest BCUT2D eigenvalue weighted by molar-refractivity contribution is 14.1. The van der Waals surface area contributed by atoms with Crippen LogP contribution in [0.1, 0.15) is 10.4 Å². The van der Waals surface area contributed by atoms with Gasteiger partial charge in [-0.05, 0) is 22.6 Å². The Morgan fingerprint density at radius 1 is 1.75 bits per heavy atom. The van der Waals surface area contributed by atoms with Crippen molar-refractivity contribution in [2.24, 2.45) is 0 Å². The molecule has 0 fully saturated rings. The van der Waals surface area contributed by atoms with Crippen molar-refractivity contribution in [3.8, 4) is 0 Å². The highest BCUT2D eigenvalue weighted by Gasteiger charge is 2.17. The molecule has 12 heavy (non-hydrogen) atoms. The molecule has 0 saturated heterocycles. The number of hydrogen-bond donors (Lipinski definition) is 1. The van der Waals surface area contributed by atoms with E-state index >= 15 is 0 Å². The van der Waals surface area contributed by atoms with Crippen LogP contribution in [0.25, 0.3) is 0 Å². The van der Waals surface area contributed by atoms with Crippen molar-refractivity contribution in [1.82, 2.24) is 4.98 Å². The molecule has 0 atom stereocenters. The lowest BCUT2D eigenvalue weighted by Gasteiger charge is -2.00. The quantitative estimate of drug-likeness (QED) is 0.639. The summed E-state index contributed by atoms with van der Waals surface area (Å²) in [6.45, 7) is 0. The van der Waals surface area contributed by atoms with Gasteiger partial charge in [-0.1, -0.05) is 11.6 Å². The number of rotatable bonds is 1. The predicted molar refractivity (Wildman–Crippen MR) is 48.9 cm³/mol. The fourth-order valence-electron chi connectivity index (χ4n) is 0.639. The molecule has 0 aromatic carbocycles. The number of halogens is 3. The van der Waals surface area contributed by atoms with E-state index in [4.69, 9.17) is 16.7 Å². The number of carboxylic acids is 1. The van der Waals surface area contributed by atoms with E-state index in [0.717, 1.165) is 0 Å². The summed E-state index contributed by atoms with van der Waals surface area (Å²) in [7, 11) is 0. The third-order valence-electron chi connectivity index (χ3n) is 1.14. The molecule has 1 aromatic heterocycles. The summed E-state index contributed by atoms with van der Waals surface area (Å²) < 4.78 is 13.2. The highest BCUT2D eigenvalue weighted by atomic mass is 127. The molecule has 6 heteroatoms. The first kappa shape index (κ1) is 9.66. The summed E-state index contributed by atoms with van der Waals surface area (Å²) in [6, 6.07) is 0. The van der Waals surface area contributed by atoms with E-state index < -0.39 is 22.5 Å². The average Bonchev–Trinajstić information content (AvgIpc) is 1.97. The first-order chi connectivity index (χ1) is 5.54. The highest BCUT2D eigenvalue weighted by Crippen LogP contribution is 2.20. The van der Waals surface area contributed by atoms with E-state index in [1.807, 2.05) is 0 Å². The van der Waals surface area contributed by atoms with Crippen LogP contribution in [0.4, 0.5) is 4.39 Å². The van der Waals surface area contributed by atoms with Gasteiger partial charge in [0, 0.05) is 9.77 Å². The molecule has 0 aliphatic rings. The smallest absolute Gasteiger partial charge is 0.339 e. The van der Waals surface area contributed by atoms with E-state index in [-0.39, 0.29) is 3.57 Å². The maximum Gasteiger partial charge on any atom is 0.339 e. The second-order valence-electron chi connectivity index (χ2n) is 1.89. The zero-order valence-electron chi connectivity index (χ0n) is 5.51.